The lowest BCUT2D eigenvalue weighted by atomic mass is 9.99. The van der Waals surface area contributed by atoms with Crippen molar-refractivity contribution in [2.45, 2.75) is 0 Å². The van der Waals surface area contributed by atoms with Crippen molar-refractivity contribution in [1.29, 1.82) is 0 Å². The number of pyridine rings is 3. The van der Waals surface area contributed by atoms with Gasteiger partial charge in [-0.15, -0.1) is 0 Å². The second-order valence-corrected chi connectivity index (χ2v) is 14.5. The molecular formula is C55H37N5. The van der Waals surface area contributed by atoms with Gasteiger partial charge in [0, 0.05) is 34.0 Å². The fourth-order valence-corrected chi connectivity index (χ4v) is 7.41. The maximum atomic E-state index is 5.11. The lowest BCUT2D eigenvalue weighted by molar-refractivity contribution is 1.18. The van der Waals surface area contributed by atoms with Crippen LogP contribution in [0.4, 0.5) is 0 Å². The summed E-state index contributed by atoms with van der Waals surface area (Å²) in [4.78, 5) is 25.1. The molecule has 5 nitrogen and oxygen atoms in total. The smallest absolute Gasteiger partial charge is 0.160 e. The Morgan fingerprint density at radius 2 is 0.600 bits per heavy atom. The van der Waals surface area contributed by atoms with E-state index in [0.29, 0.717) is 5.82 Å². The second kappa shape index (κ2) is 16.4. The molecule has 60 heavy (non-hydrogen) atoms. The molecule has 0 atom stereocenters. The van der Waals surface area contributed by atoms with E-state index in [1.807, 2.05) is 85.1 Å². The van der Waals surface area contributed by atoms with Gasteiger partial charge in [-0.25, -0.2) is 19.9 Å². The van der Waals surface area contributed by atoms with E-state index in [4.69, 9.17) is 24.9 Å². The molecule has 282 valence electrons. The Hall–Kier alpha value is -8.15. The molecule has 0 radical (unpaired) electrons. The van der Waals surface area contributed by atoms with Crippen molar-refractivity contribution in [2.75, 3.05) is 0 Å². The van der Waals surface area contributed by atoms with Crippen molar-refractivity contribution in [3.05, 3.63) is 225 Å². The van der Waals surface area contributed by atoms with Gasteiger partial charge in [0.2, 0.25) is 0 Å². The van der Waals surface area contributed by atoms with Crippen LogP contribution in [0.15, 0.2) is 225 Å². The second-order valence-electron chi connectivity index (χ2n) is 14.5. The molecule has 4 heterocycles. The van der Waals surface area contributed by atoms with Crippen molar-refractivity contribution < 1.29 is 0 Å². The number of hydrogen-bond donors (Lipinski definition) is 0. The third kappa shape index (κ3) is 7.76. The molecule has 0 fully saturated rings. The number of benzene rings is 6. The third-order valence-electron chi connectivity index (χ3n) is 10.6. The molecule has 0 unspecified atom stereocenters. The number of rotatable bonds is 9. The maximum absolute atomic E-state index is 5.11. The van der Waals surface area contributed by atoms with E-state index >= 15 is 0 Å². The average molecular weight is 768 g/mol. The van der Waals surface area contributed by atoms with Gasteiger partial charge in [-0.3, -0.25) is 4.98 Å². The molecule has 0 bridgehead atoms. The van der Waals surface area contributed by atoms with Crippen LogP contribution in [0.1, 0.15) is 0 Å². The van der Waals surface area contributed by atoms with E-state index in [-0.39, 0.29) is 0 Å². The molecule has 0 aliphatic heterocycles. The predicted molar refractivity (Wildman–Crippen MR) is 244 cm³/mol. The van der Waals surface area contributed by atoms with E-state index < -0.39 is 0 Å². The van der Waals surface area contributed by atoms with E-state index in [1.54, 1.807) is 0 Å². The standard InChI is InChI=1S/C55H37N5/c1-5-14-38(15-6-1)47-34-53(58-54(35-47)50-23-13-22-48(57-50)42-16-7-2-8-17-42)49-33-32-46(37-56-49)41-26-24-39(25-27-41)40-28-30-45(31-29-40)55-59-51(43-18-9-3-10-19-43)36-52(60-55)44-20-11-4-12-21-44/h1-37H. The number of aromatic nitrogens is 5. The van der Waals surface area contributed by atoms with Gasteiger partial charge in [-0.2, -0.15) is 0 Å². The zero-order chi connectivity index (χ0) is 40.1. The Morgan fingerprint density at radius 3 is 1.12 bits per heavy atom. The van der Waals surface area contributed by atoms with Crippen LogP contribution >= 0.6 is 0 Å². The van der Waals surface area contributed by atoms with E-state index in [1.165, 1.54) is 0 Å². The number of nitrogens with zero attached hydrogens (tertiary/aromatic N) is 5. The molecule has 5 heteroatoms. The van der Waals surface area contributed by atoms with Gasteiger partial charge in [0.25, 0.3) is 0 Å². The van der Waals surface area contributed by atoms with Gasteiger partial charge >= 0.3 is 0 Å². The van der Waals surface area contributed by atoms with Gasteiger partial charge in [0.1, 0.15) is 0 Å². The Kier molecular flexibility index (Phi) is 9.88. The van der Waals surface area contributed by atoms with Crippen molar-refractivity contribution in [3.63, 3.8) is 0 Å². The summed E-state index contributed by atoms with van der Waals surface area (Å²) in [6.45, 7) is 0. The average Bonchev–Trinajstić information content (AvgIpc) is 3.35. The lowest BCUT2D eigenvalue weighted by Gasteiger charge is -2.11. The summed E-state index contributed by atoms with van der Waals surface area (Å²) < 4.78 is 0. The quantitative estimate of drug-likeness (QED) is 0.146. The van der Waals surface area contributed by atoms with Crippen LogP contribution in [-0.4, -0.2) is 24.9 Å². The summed E-state index contributed by atoms with van der Waals surface area (Å²) >= 11 is 0. The minimum Gasteiger partial charge on any atom is -0.254 e. The molecule has 10 aromatic rings. The van der Waals surface area contributed by atoms with Gasteiger partial charge in [0.15, 0.2) is 5.82 Å². The van der Waals surface area contributed by atoms with Crippen LogP contribution in [0.2, 0.25) is 0 Å². The van der Waals surface area contributed by atoms with Crippen LogP contribution in [0.3, 0.4) is 0 Å². The highest BCUT2D eigenvalue weighted by Gasteiger charge is 2.14. The number of hydrogen-bond acceptors (Lipinski definition) is 5. The van der Waals surface area contributed by atoms with E-state index in [2.05, 4.69) is 140 Å². The van der Waals surface area contributed by atoms with Crippen molar-refractivity contribution in [1.82, 2.24) is 24.9 Å². The molecule has 0 saturated carbocycles. The Bertz CT molecular complexity index is 2970. The maximum Gasteiger partial charge on any atom is 0.160 e. The van der Waals surface area contributed by atoms with Crippen LogP contribution in [0.5, 0.6) is 0 Å². The minimum atomic E-state index is 0.695. The molecule has 0 saturated heterocycles. The van der Waals surface area contributed by atoms with Crippen LogP contribution in [-0.2, 0) is 0 Å². The SMILES string of the molecule is c1ccc(-c2cc(-c3ccc(-c4ccc(-c5ccc(-c6nc(-c7ccccc7)cc(-c7ccccc7)n6)cc5)cc4)cn3)nc(-c3cccc(-c4ccccc4)n3)c2)cc1. The summed E-state index contributed by atoms with van der Waals surface area (Å²) in [6, 6.07) is 74.8. The van der Waals surface area contributed by atoms with E-state index in [0.717, 1.165) is 95.5 Å². The van der Waals surface area contributed by atoms with Crippen LogP contribution in [0.25, 0.3) is 101 Å². The first-order valence-electron chi connectivity index (χ1n) is 20.0. The summed E-state index contributed by atoms with van der Waals surface area (Å²) in [5.74, 6) is 0.695. The highest BCUT2D eigenvalue weighted by molar-refractivity contribution is 5.78. The van der Waals surface area contributed by atoms with Gasteiger partial charge in [-0.05, 0) is 64.2 Å². The Morgan fingerprint density at radius 1 is 0.200 bits per heavy atom. The van der Waals surface area contributed by atoms with Gasteiger partial charge in [-0.1, -0.05) is 182 Å². The molecule has 0 amide bonds. The molecule has 4 aromatic heterocycles. The normalized spacial score (nSPS) is 11.0. The zero-order valence-corrected chi connectivity index (χ0v) is 32.6. The van der Waals surface area contributed by atoms with Gasteiger partial charge < -0.3 is 0 Å². The molecule has 0 aliphatic rings. The summed E-state index contributed by atoms with van der Waals surface area (Å²) in [5.41, 5.74) is 16.5. The first-order valence-corrected chi connectivity index (χ1v) is 20.0. The highest BCUT2D eigenvalue weighted by atomic mass is 14.9. The monoisotopic (exact) mass is 767 g/mol. The summed E-state index contributed by atoms with van der Waals surface area (Å²) in [5, 5.41) is 0. The fourth-order valence-electron chi connectivity index (χ4n) is 7.41. The zero-order valence-electron chi connectivity index (χ0n) is 32.6. The lowest BCUT2D eigenvalue weighted by Crippen LogP contribution is -1.96. The minimum absolute atomic E-state index is 0.695. The first-order chi connectivity index (χ1) is 29.7. The van der Waals surface area contributed by atoms with Crippen LogP contribution in [0, 0.1) is 0 Å². The third-order valence-corrected chi connectivity index (χ3v) is 10.6. The summed E-state index contributed by atoms with van der Waals surface area (Å²) in [6.07, 6.45) is 1.93. The molecule has 10 rings (SSSR count). The molecule has 6 aromatic carbocycles. The molecule has 0 N–H and O–H groups in total. The largest absolute Gasteiger partial charge is 0.254 e. The topological polar surface area (TPSA) is 64.5 Å². The van der Waals surface area contributed by atoms with Crippen molar-refractivity contribution in [2.24, 2.45) is 0 Å². The first kappa shape index (κ1) is 36.2. The molecule has 0 spiro atoms. The van der Waals surface area contributed by atoms with Crippen LogP contribution < -0.4 is 0 Å². The van der Waals surface area contributed by atoms with Crippen molar-refractivity contribution in [3.8, 4) is 101 Å². The molecular weight excluding hydrogens is 731 g/mol. The highest BCUT2D eigenvalue weighted by Crippen LogP contribution is 2.33. The van der Waals surface area contributed by atoms with Crippen molar-refractivity contribution >= 4 is 0 Å². The predicted octanol–water partition coefficient (Wildman–Crippen LogP) is 13.7. The Balaban J connectivity index is 0.911. The Labute approximate surface area is 349 Å². The van der Waals surface area contributed by atoms with E-state index in [9.17, 15) is 0 Å². The fraction of sp³-hybridized carbons (Fsp3) is 0. The molecule has 0 aliphatic carbocycles. The van der Waals surface area contributed by atoms with Gasteiger partial charge in [0.05, 0.1) is 39.9 Å². The summed E-state index contributed by atoms with van der Waals surface area (Å²) in [7, 11) is 0.